The van der Waals surface area contributed by atoms with Gasteiger partial charge in [0.2, 0.25) is 0 Å². The molecule has 0 atom stereocenters. The second-order valence-corrected chi connectivity index (χ2v) is 5.30. The molecule has 5 heteroatoms. The summed E-state index contributed by atoms with van der Waals surface area (Å²) in [6.07, 6.45) is 0. The average Bonchev–Trinajstić information content (AvgIpc) is 1.46. The Morgan fingerprint density at radius 1 is 1.20 bits per heavy atom. The van der Waals surface area contributed by atoms with Crippen molar-refractivity contribution >= 4 is 28.3 Å². The fourth-order valence-electron chi connectivity index (χ4n) is 0. The summed E-state index contributed by atoms with van der Waals surface area (Å²) in [6.45, 7) is 0. The molecule has 0 rings (SSSR count). The van der Waals surface area contributed by atoms with E-state index in [-0.39, 0.29) is 0 Å². The Labute approximate surface area is 50.0 Å². The van der Waals surface area contributed by atoms with Crippen LogP contribution >= 0.6 is 28.3 Å². The van der Waals surface area contributed by atoms with E-state index in [1.807, 2.05) is 0 Å². The molecule has 0 unspecified atom stereocenters. The van der Waals surface area contributed by atoms with Crippen LogP contribution in [-0.4, -0.2) is 10.5 Å². The second-order valence-electron chi connectivity index (χ2n) is 0.0476. The van der Waals surface area contributed by atoms with E-state index in [1.54, 1.807) is 0 Å². The molecule has 0 bridgehead atoms. The van der Waals surface area contributed by atoms with Crippen molar-refractivity contribution in [3.63, 3.8) is 0 Å². The Balaban J connectivity index is 0. The van der Waals surface area contributed by atoms with Gasteiger partial charge < -0.3 is 0 Å². The summed E-state index contributed by atoms with van der Waals surface area (Å²) in [6, 6.07) is 0. The maximum atomic E-state index is 6.00. The van der Waals surface area contributed by atoms with E-state index in [1.165, 1.54) is 0 Å². The van der Waals surface area contributed by atoms with Gasteiger partial charge in [-0.15, -0.1) is 0 Å². The quantitative estimate of drug-likeness (QED) is 0.509. The molecule has 0 saturated heterocycles. The normalized spacial score (nSPS) is 5.60. The summed E-state index contributed by atoms with van der Waals surface area (Å²) in [4.78, 5) is 0. The van der Waals surface area contributed by atoms with Gasteiger partial charge in [0, 0.05) is 0 Å². The first-order valence-electron chi connectivity index (χ1n) is 0.452. The first-order valence-corrected chi connectivity index (χ1v) is 5.60. The van der Waals surface area contributed by atoms with Gasteiger partial charge in [0.1, 0.15) is 0 Å². The maximum absolute atomic E-state index is 6.00. The van der Waals surface area contributed by atoms with Crippen molar-refractivity contribution in [3.05, 3.63) is 0 Å². The predicted molar refractivity (Wildman–Crippen MR) is 23.1 cm³/mol. The molecule has 0 radical (unpaired) electrons. The third kappa shape index (κ3) is 32.1. The van der Waals surface area contributed by atoms with E-state index in [9.17, 15) is 0 Å². The van der Waals surface area contributed by atoms with Gasteiger partial charge in [-0.3, -0.25) is 10.5 Å². The molecule has 0 aromatic heterocycles. The number of hydrogen-bond acceptors (Lipinski definition) is 2. The Kier molecular flexibility index (Phi) is 35.1. The van der Waals surface area contributed by atoms with Gasteiger partial charge in [0.05, 0.1) is 0 Å². The molecular formula is H2Br2CoO2. The zero-order valence-corrected chi connectivity index (χ0v) is 6.20. The van der Waals surface area contributed by atoms with Crippen LogP contribution in [0.2, 0.25) is 0 Å². The van der Waals surface area contributed by atoms with Crippen LogP contribution in [-0.2, 0) is 11.1 Å². The zero-order chi connectivity index (χ0) is 4.71. The molecule has 0 saturated carbocycles. The third-order valence-corrected chi connectivity index (χ3v) is 0. The summed E-state index contributed by atoms with van der Waals surface area (Å²) in [7, 11) is 0. The summed E-state index contributed by atoms with van der Waals surface area (Å²) >= 11 is 7.12. The molecule has 0 fully saturated rings. The molecule has 37 valence electrons. The summed E-state index contributed by atoms with van der Waals surface area (Å²) < 4.78 is 0. The molecule has 2 nitrogen and oxygen atoms in total. The van der Waals surface area contributed by atoms with E-state index in [4.69, 9.17) is 10.5 Å². The van der Waals surface area contributed by atoms with Crippen LogP contribution in [0, 0.1) is 0 Å². The van der Waals surface area contributed by atoms with Gasteiger partial charge in [-0.1, -0.05) is 0 Å². The van der Waals surface area contributed by atoms with Gasteiger partial charge in [-0.2, -0.15) is 0 Å². The van der Waals surface area contributed by atoms with Crippen molar-refractivity contribution in [1.29, 1.82) is 0 Å². The van der Waals surface area contributed by atoms with E-state index in [0.717, 1.165) is 11.1 Å². The van der Waals surface area contributed by atoms with Crippen LogP contribution in [0.15, 0.2) is 0 Å². The van der Waals surface area contributed by atoms with Gasteiger partial charge in [0.25, 0.3) is 0 Å². The first-order chi connectivity index (χ1) is 2.41. The fraction of sp³-hybridized carbons (Fsp3) is 0. The molecule has 0 aromatic carbocycles. The van der Waals surface area contributed by atoms with Gasteiger partial charge >= 0.3 is 39.5 Å². The summed E-state index contributed by atoms with van der Waals surface area (Å²) in [5, 5.41) is 12.0. The summed E-state index contributed by atoms with van der Waals surface area (Å²) in [5.41, 5.74) is 0. The van der Waals surface area contributed by atoms with Crippen LogP contribution in [0.3, 0.4) is 0 Å². The number of rotatable bonds is 0. The standard InChI is InChI=1S/2BrH.Co.H2O2/c;;;1-2/h2*1H;;1-2H/q;;+2;/p-2. The third-order valence-electron chi connectivity index (χ3n) is 0. The SMILES string of the molecule is OO.[Br][Co][Br]. The first kappa shape index (κ1) is 9.63. The van der Waals surface area contributed by atoms with Gasteiger partial charge in [-0.05, 0) is 0 Å². The predicted octanol–water partition coefficient (Wildman–Crippen LogP) is 1.71. The molecule has 0 aliphatic rings. The Hall–Kier alpha value is 1.39. The monoisotopic (exact) mass is 251 g/mol. The van der Waals surface area contributed by atoms with Crippen molar-refractivity contribution in [2.75, 3.05) is 0 Å². The van der Waals surface area contributed by atoms with Crippen molar-refractivity contribution in [2.24, 2.45) is 0 Å². The molecular weight excluding hydrogens is 251 g/mol. The Morgan fingerprint density at radius 3 is 1.20 bits per heavy atom. The van der Waals surface area contributed by atoms with E-state index < -0.39 is 0 Å². The van der Waals surface area contributed by atoms with E-state index in [0.29, 0.717) is 0 Å². The zero-order valence-electron chi connectivity index (χ0n) is 1.98. The van der Waals surface area contributed by atoms with E-state index >= 15 is 0 Å². The van der Waals surface area contributed by atoms with Crippen molar-refractivity contribution in [3.8, 4) is 0 Å². The fourth-order valence-corrected chi connectivity index (χ4v) is 0. The average molecular weight is 253 g/mol. The van der Waals surface area contributed by atoms with Crippen LogP contribution < -0.4 is 0 Å². The Morgan fingerprint density at radius 2 is 1.20 bits per heavy atom. The Bertz CT molecular complexity index is 7.61. The number of hydrogen-bond donors (Lipinski definition) is 2. The van der Waals surface area contributed by atoms with Gasteiger partial charge in [0.15, 0.2) is 0 Å². The minimum atomic E-state index is 1.06. The number of halogens is 2. The minimum absolute atomic E-state index is 1.06. The molecule has 0 aliphatic carbocycles. The topological polar surface area (TPSA) is 40.5 Å². The van der Waals surface area contributed by atoms with Crippen molar-refractivity contribution < 1.29 is 21.6 Å². The van der Waals surface area contributed by atoms with Crippen LogP contribution in [0.25, 0.3) is 0 Å². The van der Waals surface area contributed by atoms with Crippen LogP contribution in [0.4, 0.5) is 0 Å². The molecule has 5 heavy (non-hydrogen) atoms. The molecule has 0 aliphatic heterocycles. The van der Waals surface area contributed by atoms with Crippen molar-refractivity contribution in [2.45, 2.75) is 0 Å². The van der Waals surface area contributed by atoms with Crippen LogP contribution in [0.5, 0.6) is 0 Å². The molecule has 2 N–H and O–H groups in total. The molecule has 0 spiro atoms. The van der Waals surface area contributed by atoms with Crippen molar-refractivity contribution in [1.82, 2.24) is 0 Å². The molecule has 0 aromatic rings. The second kappa shape index (κ2) is 18.2. The molecule has 0 amide bonds. The molecule has 0 heterocycles. The van der Waals surface area contributed by atoms with Crippen LogP contribution in [0.1, 0.15) is 0 Å². The van der Waals surface area contributed by atoms with Gasteiger partial charge in [-0.25, -0.2) is 0 Å². The van der Waals surface area contributed by atoms with E-state index in [2.05, 4.69) is 28.3 Å². The summed E-state index contributed by atoms with van der Waals surface area (Å²) in [5.74, 6) is 0.